The van der Waals surface area contributed by atoms with Gasteiger partial charge in [0, 0.05) is 6.07 Å². The minimum Gasteiger partial charge on any atom is -0.491 e. The van der Waals surface area contributed by atoms with E-state index < -0.39 is 5.91 Å². The first-order chi connectivity index (χ1) is 9.61. The number of para-hydroxylation sites is 1. The van der Waals surface area contributed by atoms with Gasteiger partial charge in [0.15, 0.2) is 11.6 Å². The summed E-state index contributed by atoms with van der Waals surface area (Å²) in [5, 5.41) is 8.49. The topological polar surface area (TPSA) is 110 Å². The van der Waals surface area contributed by atoms with Gasteiger partial charge in [0.25, 0.3) is 11.5 Å². The Kier molecular flexibility index (Phi) is 3.99. The molecule has 2 aromatic rings. The predicted octanol–water partition coefficient (Wildman–Crippen LogP) is 1.00. The maximum atomic E-state index is 12.2. The number of hydrogen-bond acceptors (Lipinski definition) is 5. The van der Waals surface area contributed by atoms with Gasteiger partial charge in [0.2, 0.25) is 0 Å². The maximum Gasteiger partial charge on any atom is 0.264 e. The standard InChI is InChI=1S/C13H14N4O3/c1-2-20-12-8(4-3-5-9(12)14)13(19)15-10-6-7-11(18)17-16-10/h3-7H,2,14H2,1H3,(H,17,18)(H,15,16,19). The third kappa shape index (κ3) is 2.94. The molecule has 0 fully saturated rings. The second-order valence-electron chi connectivity index (χ2n) is 3.92. The average Bonchev–Trinajstić information content (AvgIpc) is 2.43. The molecule has 7 heteroatoms. The summed E-state index contributed by atoms with van der Waals surface area (Å²) in [5.74, 6) is 0.150. The van der Waals surface area contributed by atoms with Crippen LogP contribution in [0.2, 0.25) is 0 Å². The normalized spacial score (nSPS) is 10.1. The van der Waals surface area contributed by atoms with Crippen LogP contribution >= 0.6 is 0 Å². The molecule has 1 aromatic heterocycles. The first kappa shape index (κ1) is 13.6. The van der Waals surface area contributed by atoms with Crippen molar-refractivity contribution in [3.8, 4) is 5.75 Å². The zero-order chi connectivity index (χ0) is 14.5. The molecule has 1 heterocycles. The van der Waals surface area contributed by atoms with E-state index in [2.05, 4.69) is 15.5 Å². The third-order valence-electron chi connectivity index (χ3n) is 2.50. The van der Waals surface area contributed by atoms with Gasteiger partial charge in [-0.1, -0.05) is 6.07 Å². The second kappa shape index (κ2) is 5.87. The summed E-state index contributed by atoms with van der Waals surface area (Å²) < 4.78 is 5.38. The van der Waals surface area contributed by atoms with E-state index in [0.717, 1.165) is 0 Å². The Balaban J connectivity index is 2.27. The predicted molar refractivity (Wildman–Crippen MR) is 74.8 cm³/mol. The van der Waals surface area contributed by atoms with Crippen LogP contribution in [0, 0.1) is 0 Å². The number of aromatic amines is 1. The number of nitrogen functional groups attached to an aromatic ring is 1. The van der Waals surface area contributed by atoms with Crippen LogP contribution < -0.4 is 21.3 Å². The molecular weight excluding hydrogens is 260 g/mol. The molecule has 0 saturated heterocycles. The molecule has 0 aliphatic carbocycles. The number of aromatic nitrogens is 2. The summed E-state index contributed by atoms with van der Waals surface area (Å²) in [6, 6.07) is 7.59. The van der Waals surface area contributed by atoms with Gasteiger partial charge in [-0.05, 0) is 25.1 Å². The van der Waals surface area contributed by atoms with Gasteiger partial charge in [0.05, 0.1) is 17.9 Å². The lowest BCUT2D eigenvalue weighted by Crippen LogP contribution is -2.17. The van der Waals surface area contributed by atoms with Crippen molar-refractivity contribution in [1.82, 2.24) is 10.2 Å². The summed E-state index contributed by atoms with van der Waals surface area (Å²) in [7, 11) is 0. The molecule has 0 bridgehead atoms. The SMILES string of the molecule is CCOc1c(N)cccc1C(=O)Nc1ccc(=O)[nH]n1. The van der Waals surface area contributed by atoms with Gasteiger partial charge >= 0.3 is 0 Å². The summed E-state index contributed by atoms with van der Waals surface area (Å²) in [4.78, 5) is 23.1. The van der Waals surface area contributed by atoms with E-state index in [1.807, 2.05) is 0 Å². The monoisotopic (exact) mass is 274 g/mol. The number of nitrogens with two attached hydrogens (primary N) is 1. The highest BCUT2D eigenvalue weighted by molar-refractivity contribution is 6.06. The molecule has 0 spiro atoms. The Bertz CT molecular complexity index is 661. The number of anilines is 2. The number of nitrogens with one attached hydrogen (secondary N) is 2. The van der Waals surface area contributed by atoms with Gasteiger partial charge < -0.3 is 15.8 Å². The van der Waals surface area contributed by atoms with Crippen LogP contribution in [0.1, 0.15) is 17.3 Å². The van der Waals surface area contributed by atoms with E-state index in [0.29, 0.717) is 23.6 Å². The Morgan fingerprint density at radius 2 is 2.20 bits per heavy atom. The van der Waals surface area contributed by atoms with Crippen molar-refractivity contribution in [3.05, 3.63) is 46.2 Å². The molecule has 4 N–H and O–H groups in total. The van der Waals surface area contributed by atoms with E-state index in [1.54, 1.807) is 25.1 Å². The van der Waals surface area contributed by atoms with Gasteiger partial charge in [-0.2, -0.15) is 5.10 Å². The molecule has 0 saturated carbocycles. The molecule has 0 radical (unpaired) electrons. The van der Waals surface area contributed by atoms with Crippen LogP contribution in [0.4, 0.5) is 11.5 Å². The summed E-state index contributed by atoms with van der Waals surface area (Å²) in [5.41, 5.74) is 6.13. The largest absolute Gasteiger partial charge is 0.491 e. The highest BCUT2D eigenvalue weighted by Gasteiger charge is 2.15. The van der Waals surface area contributed by atoms with E-state index >= 15 is 0 Å². The van der Waals surface area contributed by atoms with Crippen molar-refractivity contribution in [2.75, 3.05) is 17.7 Å². The number of rotatable bonds is 4. The first-order valence-electron chi connectivity index (χ1n) is 6.00. The third-order valence-corrected chi connectivity index (χ3v) is 2.50. The molecule has 0 aliphatic rings. The van der Waals surface area contributed by atoms with Gasteiger partial charge in [-0.15, -0.1) is 0 Å². The van der Waals surface area contributed by atoms with Gasteiger partial charge in [0.1, 0.15) is 0 Å². The van der Waals surface area contributed by atoms with E-state index in [-0.39, 0.29) is 11.4 Å². The summed E-state index contributed by atoms with van der Waals surface area (Å²) >= 11 is 0. The molecule has 7 nitrogen and oxygen atoms in total. The van der Waals surface area contributed by atoms with Crippen molar-refractivity contribution in [1.29, 1.82) is 0 Å². The number of amides is 1. The number of ether oxygens (including phenoxy) is 1. The fourth-order valence-electron chi connectivity index (χ4n) is 1.64. The van der Waals surface area contributed by atoms with E-state index in [9.17, 15) is 9.59 Å². The van der Waals surface area contributed by atoms with Gasteiger partial charge in [-0.3, -0.25) is 9.59 Å². The molecule has 0 aliphatic heterocycles. The Morgan fingerprint density at radius 3 is 2.85 bits per heavy atom. The molecule has 104 valence electrons. The van der Waals surface area contributed by atoms with Crippen LogP contribution in [-0.2, 0) is 0 Å². The number of nitrogens with zero attached hydrogens (tertiary/aromatic N) is 1. The molecule has 1 amide bonds. The zero-order valence-electron chi connectivity index (χ0n) is 10.8. The Labute approximate surface area is 114 Å². The number of carbonyl (C=O) groups excluding carboxylic acids is 1. The van der Waals surface area contributed by atoms with Crippen LogP contribution in [0.5, 0.6) is 5.75 Å². The fourth-order valence-corrected chi connectivity index (χ4v) is 1.64. The van der Waals surface area contributed by atoms with Crippen molar-refractivity contribution >= 4 is 17.4 Å². The quantitative estimate of drug-likeness (QED) is 0.720. The molecule has 20 heavy (non-hydrogen) atoms. The molecule has 0 atom stereocenters. The number of carbonyl (C=O) groups is 1. The fraction of sp³-hybridized carbons (Fsp3) is 0.154. The number of hydrogen-bond donors (Lipinski definition) is 3. The lowest BCUT2D eigenvalue weighted by atomic mass is 10.1. The Hall–Kier alpha value is -2.83. The lowest BCUT2D eigenvalue weighted by Gasteiger charge is -2.12. The minimum atomic E-state index is -0.416. The molecule has 1 aromatic carbocycles. The van der Waals surface area contributed by atoms with Crippen molar-refractivity contribution < 1.29 is 9.53 Å². The summed E-state index contributed by atoms with van der Waals surface area (Å²) in [6.07, 6.45) is 0. The van der Waals surface area contributed by atoms with Crippen LogP contribution in [-0.4, -0.2) is 22.7 Å². The maximum absolute atomic E-state index is 12.2. The molecule has 2 rings (SSSR count). The van der Waals surface area contributed by atoms with Crippen molar-refractivity contribution in [2.24, 2.45) is 0 Å². The minimum absolute atomic E-state index is 0.236. The average molecular weight is 274 g/mol. The van der Waals surface area contributed by atoms with Crippen LogP contribution in [0.15, 0.2) is 35.1 Å². The summed E-state index contributed by atoms with van der Waals surface area (Å²) in [6.45, 7) is 2.20. The highest BCUT2D eigenvalue weighted by atomic mass is 16.5. The van der Waals surface area contributed by atoms with E-state index in [1.165, 1.54) is 12.1 Å². The molecular formula is C13H14N4O3. The van der Waals surface area contributed by atoms with Crippen molar-refractivity contribution in [3.63, 3.8) is 0 Å². The zero-order valence-corrected chi connectivity index (χ0v) is 10.8. The lowest BCUT2D eigenvalue weighted by molar-refractivity contribution is 0.102. The van der Waals surface area contributed by atoms with Crippen LogP contribution in [0.3, 0.4) is 0 Å². The number of benzene rings is 1. The second-order valence-corrected chi connectivity index (χ2v) is 3.92. The molecule has 0 unspecified atom stereocenters. The Morgan fingerprint density at radius 1 is 1.40 bits per heavy atom. The van der Waals surface area contributed by atoms with E-state index in [4.69, 9.17) is 10.5 Å². The first-order valence-corrected chi connectivity index (χ1v) is 6.00. The van der Waals surface area contributed by atoms with Gasteiger partial charge in [-0.25, -0.2) is 5.10 Å². The van der Waals surface area contributed by atoms with Crippen molar-refractivity contribution in [2.45, 2.75) is 6.92 Å². The smallest absolute Gasteiger partial charge is 0.264 e. The highest BCUT2D eigenvalue weighted by Crippen LogP contribution is 2.26. The van der Waals surface area contributed by atoms with Crippen LogP contribution in [0.25, 0.3) is 0 Å². The number of H-pyrrole nitrogens is 1.